The van der Waals surface area contributed by atoms with Crippen LogP contribution >= 0.6 is 0 Å². The molecule has 0 bridgehead atoms. The Labute approximate surface area is 207 Å². The average molecular weight is 476 g/mol. The largest absolute Gasteiger partial charge is 0.465 e. The zero-order chi connectivity index (χ0) is 24.7. The number of fused-ring (bicyclic) bond motifs is 2. The van der Waals surface area contributed by atoms with Gasteiger partial charge in [0.05, 0.1) is 18.8 Å². The number of esters is 1. The molecule has 1 saturated heterocycles. The van der Waals surface area contributed by atoms with Crippen molar-refractivity contribution >= 4 is 16.9 Å². The van der Waals surface area contributed by atoms with Gasteiger partial charge in [-0.15, -0.1) is 0 Å². The molecule has 186 valence electrons. The first-order valence-corrected chi connectivity index (χ1v) is 13.1. The molecule has 0 amide bonds. The summed E-state index contributed by atoms with van der Waals surface area (Å²) >= 11 is 0. The summed E-state index contributed by atoms with van der Waals surface area (Å²) in [4.78, 5) is 30.5. The molecular formula is C29H37N3O3. The molecule has 3 aromatic rings. The highest BCUT2D eigenvalue weighted by Crippen LogP contribution is 2.40. The maximum atomic E-state index is 12.7. The molecule has 6 heteroatoms. The fourth-order valence-corrected chi connectivity index (χ4v) is 6.15. The first-order valence-electron chi connectivity index (χ1n) is 13.1. The lowest BCUT2D eigenvalue weighted by Crippen LogP contribution is -2.37. The molecule has 1 aliphatic heterocycles. The summed E-state index contributed by atoms with van der Waals surface area (Å²) in [6.07, 6.45) is 7.04. The molecule has 6 nitrogen and oxygen atoms in total. The van der Waals surface area contributed by atoms with Crippen molar-refractivity contribution in [2.75, 3.05) is 26.2 Å². The molecule has 1 aliphatic carbocycles. The predicted octanol–water partition coefficient (Wildman–Crippen LogP) is 4.89. The first-order chi connectivity index (χ1) is 16.9. The van der Waals surface area contributed by atoms with Gasteiger partial charge < -0.3 is 14.3 Å². The molecule has 0 spiro atoms. The van der Waals surface area contributed by atoms with E-state index in [1.165, 1.54) is 33.3 Å². The lowest BCUT2D eigenvalue weighted by Gasteiger charge is -2.31. The molecule has 0 radical (unpaired) electrons. The third-order valence-corrected chi connectivity index (χ3v) is 7.87. The predicted molar refractivity (Wildman–Crippen MR) is 140 cm³/mol. The van der Waals surface area contributed by atoms with E-state index >= 15 is 0 Å². The van der Waals surface area contributed by atoms with Gasteiger partial charge >= 0.3 is 5.97 Å². The molecule has 1 fully saturated rings. The molecule has 2 aliphatic rings. The van der Waals surface area contributed by atoms with E-state index in [0.717, 1.165) is 56.3 Å². The highest BCUT2D eigenvalue weighted by Gasteiger charge is 2.26. The van der Waals surface area contributed by atoms with Crippen molar-refractivity contribution < 1.29 is 9.53 Å². The summed E-state index contributed by atoms with van der Waals surface area (Å²) in [5.41, 5.74) is 8.62. The lowest BCUT2D eigenvalue weighted by molar-refractivity contribution is -0.144. The highest BCUT2D eigenvalue weighted by atomic mass is 16.5. The van der Waals surface area contributed by atoms with E-state index in [0.29, 0.717) is 25.0 Å². The number of nitrogens with zero attached hydrogens (tertiary/aromatic N) is 2. The first kappa shape index (κ1) is 23.9. The molecule has 35 heavy (non-hydrogen) atoms. The Bertz CT molecular complexity index is 1310. The smallest absolute Gasteiger partial charge is 0.320 e. The molecule has 1 N–H and O–H groups in total. The van der Waals surface area contributed by atoms with Gasteiger partial charge in [0.15, 0.2) is 0 Å². The number of aryl methyl sites for hydroxylation is 1. The van der Waals surface area contributed by atoms with Crippen LogP contribution in [0.1, 0.15) is 74.1 Å². The average Bonchev–Trinajstić information content (AvgIpc) is 3.47. The van der Waals surface area contributed by atoms with Gasteiger partial charge in [0, 0.05) is 35.3 Å². The molecule has 0 atom stereocenters. The van der Waals surface area contributed by atoms with Gasteiger partial charge in [-0.2, -0.15) is 0 Å². The van der Waals surface area contributed by atoms with Gasteiger partial charge in [0.25, 0.3) is 5.56 Å². The van der Waals surface area contributed by atoms with Crippen LogP contribution in [0.2, 0.25) is 0 Å². The van der Waals surface area contributed by atoms with Crippen LogP contribution < -0.4 is 5.56 Å². The molecular weight excluding hydrogens is 438 g/mol. The van der Waals surface area contributed by atoms with Crippen molar-refractivity contribution in [3.63, 3.8) is 0 Å². The van der Waals surface area contributed by atoms with Crippen molar-refractivity contribution in [2.45, 2.75) is 64.7 Å². The van der Waals surface area contributed by atoms with Crippen molar-refractivity contribution in [3.05, 3.63) is 57.0 Å². The Hall–Kier alpha value is -2.86. The molecule has 0 saturated carbocycles. The quantitative estimate of drug-likeness (QED) is 0.516. The van der Waals surface area contributed by atoms with Crippen LogP contribution in [0.3, 0.4) is 0 Å². The SMILES string of the molecule is CCOC(=O)CN1CCC(c2ccc3[nH]c(-c4cn(C)c(=O)c5c4CCC5)c(C(C)C)c3c2)CC1. The third-order valence-electron chi connectivity index (χ3n) is 7.87. The van der Waals surface area contributed by atoms with Crippen LogP contribution in [0.15, 0.2) is 29.2 Å². The second-order valence-electron chi connectivity index (χ2n) is 10.5. The topological polar surface area (TPSA) is 67.3 Å². The number of aromatic amines is 1. The molecule has 5 rings (SSSR count). The molecule has 3 heterocycles. The van der Waals surface area contributed by atoms with Crippen LogP contribution in [-0.4, -0.2) is 46.7 Å². The van der Waals surface area contributed by atoms with E-state index in [1.807, 2.05) is 20.2 Å². The monoisotopic (exact) mass is 475 g/mol. The summed E-state index contributed by atoms with van der Waals surface area (Å²) in [7, 11) is 1.87. The fraction of sp³-hybridized carbons (Fsp3) is 0.517. The van der Waals surface area contributed by atoms with Gasteiger partial charge in [-0.25, -0.2) is 0 Å². The van der Waals surface area contributed by atoms with E-state index in [2.05, 4.69) is 41.9 Å². The minimum atomic E-state index is -0.126. The number of nitrogens with one attached hydrogen (secondary N) is 1. The van der Waals surface area contributed by atoms with Crippen LogP contribution in [0.4, 0.5) is 0 Å². The van der Waals surface area contributed by atoms with E-state index in [9.17, 15) is 9.59 Å². The summed E-state index contributed by atoms with van der Waals surface area (Å²) < 4.78 is 6.87. The van der Waals surface area contributed by atoms with Crippen molar-refractivity contribution in [1.82, 2.24) is 14.5 Å². The van der Waals surface area contributed by atoms with Crippen molar-refractivity contribution in [1.29, 1.82) is 0 Å². The lowest BCUT2D eigenvalue weighted by atomic mass is 9.87. The number of hydrogen-bond acceptors (Lipinski definition) is 4. The number of benzene rings is 1. The Morgan fingerprint density at radius 1 is 1.17 bits per heavy atom. The van der Waals surface area contributed by atoms with Gasteiger partial charge in [-0.3, -0.25) is 14.5 Å². The second-order valence-corrected chi connectivity index (χ2v) is 10.5. The summed E-state index contributed by atoms with van der Waals surface area (Å²) in [6.45, 7) is 9.03. The summed E-state index contributed by atoms with van der Waals surface area (Å²) in [5, 5.41) is 1.29. The Kier molecular flexibility index (Phi) is 6.58. The van der Waals surface area contributed by atoms with Crippen LogP contribution in [0.25, 0.3) is 22.2 Å². The highest BCUT2D eigenvalue weighted by molar-refractivity contribution is 5.92. The second kappa shape index (κ2) is 9.65. The number of aromatic nitrogens is 2. The Balaban J connectivity index is 1.47. The number of ether oxygens (including phenoxy) is 1. The minimum absolute atomic E-state index is 0.126. The summed E-state index contributed by atoms with van der Waals surface area (Å²) in [5.74, 6) is 0.728. The molecule has 0 unspecified atom stereocenters. The number of hydrogen-bond donors (Lipinski definition) is 1. The van der Waals surface area contributed by atoms with Crippen LogP contribution in [-0.2, 0) is 29.4 Å². The summed E-state index contributed by atoms with van der Waals surface area (Å²) in [6, 6.07) is 6.88. The zero-order valence-corrected chi connectivity index (χ0v) is 21.4. The third kappa shape index (κ3) is 4.44. The molecule has 2 aromatic heterocycles. The number of piperidine rings is 1. The standard InChI is InChI=1S/C29H37N3O3/c1-5-35-26(33)17-32-13-11-19(12-14-32)20-9-10-25-23(15-20)27(18(2)3)28(30-25)24-16-31(4)29(34)22-8-6-7-21(22)24/h9-10,15-16,18-19,30H,5-8,11-14,17H2,1-4H3. The van der Waals surface area contributed by atoms with Gasteiger partial charge in [-0.1, -0.05) is 19.9 Å². The fourth-order valence-electron chi connectivity index (χ4n) is 6.15. The van der Waals surface area contributed by atoms with Gasteiger partial charge in [0.2, 0.25) is 0 Å². The van der Waals surface area contributed by atoms with Gasteiger partial charge in [0.1, 0.15) is 0 Å². The van der Waals surface area contributed by atoms with E-state index in [-0.39, 0.29) is 11.5 Å². The normalized spacial score (nSPS) is 16.8. The van der Waals surface area contributed by atoms with Gasteiger partial charge in [-0.05, 0) is 92.8 Å². The zero-order valence-electron chi connectivity index (χ0n) is 21.4. The number of pyridine rings is 1. The van der Waals surface area contributed by atoms with Crippen LogP contribution in [0, 0.1) is 0 Å². The maximum Gasteiger partial charge on any atom is 0.320 e. The van der Waals surface area contributed by atoms with E-state index in [4.69, 9.17) is 4.74 Å². The van der Waals surface area contributed by atoms with E-state index in [1.54, 1.807) is 4.57 Å². The molecule has 1 aromatic carbocycles. The van der Waals surface area contributed by atoms with Crippen molar-refractivity contribution in [3.8, 4) is 11.3 Å². The number of H-pyrrole nitrogens is 1. The Morgan fingerprint density at radius 2 is 1.91 bits per heavy atom. The maximum absolute atomic E-state index is 12.7. The number of likely N-dealkylation sites (tertiary alicyclic amines) is 1. The van der Waals surface area contributed by atoms with Crippen molar-refractivity contribution in [2.24, 2.45) is 7.05 Å². The Morgan fingerprint density at radius 3 is 2.63 bits per heavy atom. The number of carbonyl (C=O) groups excluding carboxylic acids is 1. The number of rotatable bonds is 6. The van der Waals surface area contributed by atoms with Crippen LogP contribution in [0.5, 0.6) is 0 Å². The minimum Gasteiger partial charge on any atom is -0.465 e. The number of carbonyl (C=O) groups is 1. The van der Waals surface area contributed by atoms with E-state index < -0.39 is 0 Å².